The summed E-state index contributed by atoms with van der Waals surface area (Å²) in [6, 6.07) is 6.94. The van der Waals surface area contributed by atoms with E-state index in [0.717, 1.165) is 5.92 Å². The Morgan fingerprint density at radius 3 is 2.50 bits per heavy atom. The summed E-state index contributed by atoms with van der Waals surface area (Å²) in [6.07, 6.45) is 6.79. The van der Waals surface area contributed by atoms with Crippen molar-refractivity contribution in [3.63, 3.8) is 0 Å². The van der Waals surface area contributed by atoms with Gasteiger partial charge in [0, 0.05) is 6.07 Å². The van der Waals surface area contributed by atoms with Gasteiger partial charge in [-0.15, -0.1) is 0 Å². The van der Waals surface area contributed by atoms with E-state index < -0.39 is 0 Å². The van der Waals surface area contributed by atoms with Crippen LogP contribution in [0, 0.1) is 12.0 Å². The first kappa shape index (κ1) is 12.3. The smallest absolute Gasteiger partial charge is 0.0535 e. The molecule has 0 bridgehead atoms. The Morgan fingerprint density at radius 1 is 1.19 bits per heavy atom. The van der Waals surface area contributed by atoms with Gasteiger partial charge in [-0.1, -0.05) is 55.5 Å². The van der Waals surface area contributed by atoms with Crippen molar-refractivity contribution in [3.8, 4) is 0 Å². The lowest BCUT2D eigenvalue weighted by atomic mass is 9.78. The Morgan fingerprint density at radius 2 is 1.88 bits per heavy atom. The zero-order valence-electron chi connectivity index (χ0n) is 9.60. The predicted molar refractivity (Wildman–Crippen MR) is 70.3 cm³/mol. The van der Waals surface area contributed by atoms with Crippen LogP contribution in [0.3, 0.4) is 0 Å². The van der Waals surface area contributed by atoms with Crippen LogP contribution in [-0.2, 0) is 0 Å². The minimum absolute atomic E-state index is 0.529. The molecule has 0 N–H and O–H groups in total. The molecule has 1 aliphatic rings. The van der Waals surface area contributed by atoms with Crippen molar-refractivity contribution in [1.29, 1.82) is 0 Å². The summed E-state index contributed by atoms with van der Waals surface area (Å²) < 4.78 is 0. The Bertz CT molecular complexity index is 354. The maximum absolute atomic E-state index is 6.20. The van der Waals surface area contributed by atoms with E-state index >= 15 is 0 Å². The first-order chi connectivity index (χ1) is 7.68. The van der Waals surface area contributed by atoms with Crippen LogP contribution in [0.25, 0.3) is 0 Å². The molecule has 1 fully saturated rings. The summed E-state index contributed by atoms with van der Waals surface area (Å²) in [5.41, 5.74) is 1.21. The zero-order valence-corrected chi connectivity index (χ0v) is 11.1. The van der Waals surface area contributed by atoms with Gasteiger partial charge in [0.2, 0.25) is 0 Å². The van der Waals surface area contributed by atoms with E-state index in [2.05, 4.69) is 19.1 Å². The van der Waals surface area contributed by atoms with Gasteiger partial charge in [0.1, 0.15) is 0 Å². The van der Waals surface area contributed by atoms with Gasteiger partial charge in [0.05, 0.1) is 10.0 Å². The highest BCUT2D eigenvalue weighted by molar-refractivity contribution is 6.34. The molecule has 1 radical (unpaired) electrons. The number of hydrogen-bond acceptors (Lipinski definition) is 0. The summed E-state index contributed by atoms with van der Waals surface area (Å²) in [7, 11) is 0. The molecule has 2 rings (SSSR count). The normalized spacial score (nSPS) is 19.7. The summed E-state index contributed by atoms with van der Waals surface area (Å²) in [4.78, 5) is 0. The lowest BCUT2D eigenvalue weighted by molar-refractivity contribution is 0.316. The van der Waals surface area contributed by atoms with E-state index in [-0.39, 0.29) is 0 Å². The average molecular weight is 256 g/mol. The highest BCUT2D eigenvalue weighted by Gasteiger charge is 2.22. The Balaban J connectivity index is 2.15. The lowest BCUT2D eigenvalue weighted by Gasteiger charge is -2.28. The molecule has 0 spiro atoms. The van der Waals surface area contributed by atoms with Crippen molar-refractivity contribution in [3.05, 3.63) is 33.8 Å². The Labute approximate surface area is 108 Å². The van der Waals surface area contributed by atoms with Crippen LogP contribution in [0.4, 0.5) is 0 Å². The van der Waals surface area contributed by atoms with Crippen molar-refractivity contribution in [2.75, 3.05) is 0 Å². The average Bonchev–Trinajstić information content (AvgIpc) is 2.29. The number of halogens is 2. The molecule has 0 aromatic heterocycles. The molecule has 0 heterocycles. The van der Waals surface area contributed by atoms with Crippen LogP contribution in [-0.4, -0.2) is 0 Å². The van der Waals surface area contributed by atoms with Gasteiger partial charge in [-0.2, -0.15) is 0 Å². The fraction of sp³-hybridized carbons (Fsp3) is 0.571. The molecule has 87 valence electrons. The monoisotopic (exact) mass is 255 g/mol. The lowest BCUT2D eigenvalue weighted by Crippen LogP contribution is -2.14. The molecule has 16 heavy (non-hydrogen) atoms. The third-order valence-corrected chi connectivity index (χ3v) is 4.27. The molecule has 1 saturated carbocycles. The van der Waals surface area contributed by atoms with E-state index in [1.807, 2.05) is 6.07 Å². The van der Waals surface area contributed by atoms with E-state index in [1.165, 1.54) is 37.7 Å². The van der Waals surface area contributed by atoms with Crippen LogP contribution >= 0.6 is 23.2 Å². The molecular weight excluding hydrogens is 239 g/mol. The van der Waals surface area contributed by atoms with Crippen molar-refractivity contribution in [2.24, 2.45) is 5.92 Å². The maximum Gasteiger partial charge on any atom is 0.0535 e. The molecule has 0 saturated heterocycles. The first-order valence-corrected chi connectivity index (χ1v) is 6.81. The standard InChI is InChI=1S/C14H17Cl2/c1-10(11-5-3-2-4-6-11)13-8-7-12(15)9-14(13)16/h7-8,10-11H,2-6H2,1H3. The molecule has 0 amide bonds. The van der Waals surface area contributed by atoms with E-state index in [1.54, 1.807) is 0 Å². The van der Waals surface area contributed by atoms with E-state index in [0.29, 0.717) is 16.0 Å². The Hall–Kier alpha value is -0.200. The van der Waals surface area contributed by atoms with E-state index in [9.17, 15) is 0 Å². The van der Waals surface area contributed by atoms with Crippen LogP contribution < -0.4 is 0 Å². The summed E-state index contributed by atoms with van der Waals surface area (Å²) in [5, 5.41) is 1.30. The summed E-state index contributed by atoms with van der Waals surface area (Å²) in [5.74, 6) is 1.31. The quantitative estimate of drug-likeness (QED) is 0.657. The fourth-order valence-corrected chi connectivity index (χ4v) is 3.24. The SMILES string of the molecule is CC(c1ccc(Cl)[c]c1Cl)C1CCCCC1. The van der Waals surface area contributed by atoms with Crippen molar-refractivity contribution >= 4 is 23.2 Å². The summed E-state index contributed by atoms with van der Waals surface area (Å²) >= 11 is 12.1. The third-order valence-electron chi connectivity index (χ3n) is 3.74. The zero-order chi connectivity index (χ0) is 11.5. The molecule has 1 aliphatic carbocycles. The van der Waals surface area contributed by atoms with Crippen molar-refractivity contribution < 1.29 is 0 Å². The second-order valence-corrected chi connectivity index (χ2v) is 5.55. The highest BCUT2D eigenvalue weighted by atomic mass is 35.5. The highest BCUT2D eigenvalue weighted by Crippen LogP contribution is 2.38. The third kappa shape index (κ3) is 2.73. The maximum atomic E-state index is 6.20. The van der Waals surface area contributed by atoms with Crippen LogP contribution in [0.15, 0.2) is 12.1 Å². The molecule has 1 aromatic rings. The van der Waals surface area contributed by atoms with Gasteiger partial charge in [-0.3, -0.25) is 0 Å². The largest absolute Gasteiger partial charge is 0.0836 e. The number of rotatable bonds is 2. The molecular formula is C14H17Cl2. The first-order valence-electron chi connectivity index (χ1n) is 6.05. The van der Waals surface area contributed by atoms with Gasteiger partial charge in [0.25, 0.3) is 0 Å². The van der Waals surface area contributed by atoms with Gasteiger partial charge in [-0.25, -0.2) is 0 Å². The molecule has 0 nitrogen and oxygen atoms in total. The molecule has 1 aromatic carbocycles. The minimum Gasteiger partial charge on any atom is -0.0836 e. The van der Waals surface area contributed by atoms with Gasteiger partial charge < -0.3 is 0 Å². The summed E-state index contributed by atoms with van der Waals surface area (Å²) in [6.45, 7) is 2.28. The minimum atomic E-state index is 0.529. The van der Waals surface area contributed by atoms with Crippen molar-refractivity contribution in [1.82, 2.24) is 0 Å². The van der Waals surface area contributed by atoms with E-state index in [4.69, 9.17) is 23.2 Å². The molecule has 1 unspecified atom stereocenters. The molecule has 2 heteroatoms. The second kappa shape index (κ2) is 5.42. The van der Waals surface area contributed by atoms with Crippen LogP contribution in [0.1, 0.15) is 50.5 Å². The van der Waals surface area contributed by atoms with Gasteiger partial charge in [0.15, 0.2) is 0 Å². The number of hydrogen-bond donors (Lipinski definition) is 0. The molecule has 0 aliphatic heterocycles. The van der Waals surface area contributed by atoms with Gasteiger partial charge in [-0.05, 0) is 36.3 Å². The van der Waals surface area contributed by atoms with Crippen molar-refractivity contribution in [2.45, 2.75) is 44.9 Å². The van der Waals surface area contributed by atoms with Crippen LogP contribution in [0.2, 0.25) is 10.0 Å². The van der Waals surface area contributed by atoms with Gasteiger partial charge >= 0.3 is 0 Å². The topological polar surface area (TPSA) is 0 Å². The second-order valence-electron chi connectivity index (χ2n) is 4.76. The fourth-order valence-electron chi connectivity index (χ4n) is 2.69. The predicted octanol–water partition coefficient (Wildman–Crippen LogP) is 5.48. The van der Waals surface area contributed by atoms with Crippen LogP contribution in [0.5, 0.6) is 0 Å². The molecule has 1 atom stereocenters. The number of benzene rings is 1. The Kier molecular flexibility index (Phi) is 4.16.